The van der Waals surface area contributed by atoms with Crippen LogP contribution in [0.4, 0.5) is 13.2 Å². The Kier molecular flexibility index (Phi) is 4.08. The number of aromatic nitrogens is 3. The Labute approximate surface area is 114 Å². The summed E-state index contributed by atoms with van der Waals surface area (Å²) in [6, 6.07) is 5.08. The molecule has 0 radical (unpaired) electrons. The summed E-state index contributed by atoms with van der Waals surface area (Å²) in [4.78, 5) is 0. The molecule has 2 aromatic rings. The Morgan fingerprint density at radius 2 is 2.10 bits per heavy atom. The number of aryl methyl sites for hydroxylation is 1. The van der Waals surface area contributed by atoms with E-state index in [1.54, 1.807) is 31.0 Å². The largest absolute Gasteiger partial charge is 0.416 e. The fourth-order valence-electron chi connectivity index (χ4n) is 2.02. The topological polar surface area (TPSA) is 42.7 Å². The summed E-state index contributed by atoms with van der Waals surface area (Å²) in [6.07, 6.45) is -2.11. The van der Waals surface area contributed by atoms with Crippen LogP contribution in [-0.4, -0.2) is 22.0 Å². The molecule has 0 aliphatic carbocycles. The van der Waals surface area contributed by atoms with Gasteiger partial charge < -0.3 is 5.32 Å². The molecule has 0 fully saturated rings. The van der Waals surface area contributed by atoms with Crippen LogP contribution in [0.15, 0.2) is 30.5 Å². The molecule has 1 N–H and O–H groups in total. The molecule has 1 unspecified atom stereocenters. The van der Waals surface area contributed by atoms with Gasteiger partial charge >= 0.3 is 6.18 Å². The van der Waals surface area contributed by atoms with Crippen LogP contribution < -0.4 is 5.32 Å². The van der Waals surface area contributed by atoms with Crippen molar-refractivity contribution >= 4 is 0 Å². The summed E-state index contributed by atoms with van der Waals surface area (Å²) in [7, 11) is 3.45. The van der Waals surface area contributed by atoms with Gasteiger partial charge in [-0.2, -0.15) is 13.2 Å². The van der Waals surface area contributed by atoms with Gasteiger partial charge in [0.25, 0.3) is 0 Å². The maximum Gasteiger partial charge on any atom is 0.416 e. The van der Waals surface area contributed by atoms with Crippen LogP contribution in [-0.2, 0) is 19.6 Å². The number of hydrogen-bond donors (Lipinski definition) is 1. The zero-order chi connectivity index (χ0) is 14.8. The van der Waals surface area contributed by atoms with Crippen LogP contribution in [0.3, 0.4) is 0 Å². The molecule has 1 aromatic carbocycles. The van der Waals surface area contributed by atoms with Crippen molar-refractivity contribution in [2.45, 2.75) is 18.6 Å². The normalized spacial score (nSPS) is 13.4. The monoisotopic (exact) mass is 284 g/mol. The average Bonchev–Trinajstić information content (AvgIpc) is 2.81. The minimum atomic E-state index is -4.33. The molecule has 108 valence electrons. The smallest absolute Gasteiger partial charge is 0.313 e. The highest BCUT2D eigenvalue weighted by molar-refractivity contribution is 5.28. The minimum Gasteiger partial charge on any atom is -0.313 e. The summed E-state index contributed by atoms with van der Waals surface area (Å²) in [5.41, 5.74) is 0.659. The van der Waals surface area contributed by atoms with E-state index >= 15 is 0 Å². The van der Waals surface area contributed by atoms with Crippen molar-refractivity contribution in [3.8, 4) is 0 Å². The van der Waals surface area contributed by atoms with Crippen LogP contribution in [0.1, 0.15) is 22.9 Å². The molecule has 1 atom stereocenters. The third kappa shape index (κ3) is 3.36. The number of nitrogens with one attached hydrogen (secondary N) is 1. The number of rotatable bonds is 4. The Bertz CT molecular complexity index is 577. The van der Waals surface area contributed by atoms with Gasteiger partial charge in [0.1, 0.15) is 0 Å². The molecule has 0 amide bonds. The van der Waals surface area contributed by atoms with E-state index in [0.717, 1.165) is 17.8 Å². The molecule has 0 saturated heterocycles. The Morgan fingerprint density at radius 3 is 2.65 bits per heavy atom. The highest BCUT2D eigenvalue weighted by Crippen LogP contribution is 2.31. The van der Waals surface area contributed by atoms with Gasteiger partial charge in [0, 0.05) is 25.7 Å². The lowest BCUT2D eigenvalue weighted by Gasteiger charge is -2.17. The highest BCUT2D eigenvalue weighted by Gasteiger charge is 2.30. The molecule has 7 heteroatoms. The van der Waals surface area contributed by atoms with E-state index in [9.17, 15) is 13.2 Å². The molecule has 0 aliphatic rings. The van der Waals surface area contributed by atoms with E-state index in [0.29, 0.717) is 12.0 Å². The second-order valence-corrected chi connectivity index (χ2v) is 4.55. The van der Waals surface area contributed by atoms with Gasteiger partial charge in [-0.05, 0) is 24.7 Å². The number of alkyl halides is 3. The van der Waals surface area contributed by atoms with Gasteiger partial charge in [0.05, 0.1) is 11.3 Å². The van der Waals surface area contributed by atoms with Gasteiger partial charge in [-0.15, -0.1) is 5.10 Å². The molecule has 1 heterocycles. The maximum absolute atomic E-state index is 12.7. The molecule has 0 saturated carbocycles. The van der Waals surface area contributed by atoms with Crippen molar-refractivity contribution in [3.63, 3.8) is 0 Å². The predicted molar refractivity (Wildman–Crippen MR) is 68.0 cm³/mol. The molecule has 0 spiro atoms. The molecular formula is C13H15F3N4. The van der Waals surface area contributed by atoms with Gasteiger partial charge in [-0.25, -0.2) is 0 Å². The SMILES string of the molecule is CNC(Cc1cn(C)nn1)c1cccc(C(F)(F)F)c1. The molecule has 0 bridgehead atoms. The predicted octanol–water partition coefficient (Wildman–Crippen LogP) is 2.34. The summed E-state index contributed by atoms with van der Waals surface area (Å²) >= 11 is 0. The molecule has 1 aromatic heterocycles. The Hall–Kier alpha value is -1.89. The minimum absolute atomic E-state index is 0.242. The summed E-state index contributed by atoms with van der Waals surface area (Å²) in [5, 5.41) is 10.8. The first kappa shape index (κ1) is 14.5. The molecule has 0 aliphatic heterocycles. The standard InChI is InChI=1S/C13H15F3N4/c1-17-12(7-11-8-20(2)19-18-11)9-4-3-5-10(6-9)13(14,15)16/h3-6,8,12,17H,7H2,1-2H3. The molecule has 2 rings (SSSR count). The Morgan fingerprint density at radius 1 is 1.35 bits per heavy atom. The molecule has 20 heavy (non-hydrogen) atoms. The zero-order valence-electron chi connectivity index (χ0n) is 11.1. The van der Waals surface area contributed by atoms with E-state index in [1.165, 1.54) is 6.07 Å². The first-order valence-corrected chi connectivity index (χ1v) is 6.10. The van der Waals surface area contributed by atoms with Crippen LogP contribution in [0.5, 0.6) is 0 Å². The van der Waals surface area contributed by atoms with E-state index in [2.05, 4.69) is 15.6 Å². The first-order valence-electron chi connectivity index (χ1n) is 6.10. The zero-order valence-corrected chi connectivity index (χ0v) is 11.1. The lowest BCUT2D eigenvalue weighted by atomic mass is 10.00. The van der Waals surface area contributed by atoms with E-state index in [4.69, 9.17) is 0 Å². The first-order chi connectivity index (χ1) is 9.40. The summed E-state index contributed by atoms with van der Waals surface area (Å²) in [6.45, 7) is 0. The van der Waals surface area contributed by atoms with Crippen molar-refractivity contribution < 1.29 is 13.2 Å². The van der Waals surface area contributed by atoms with Gasteiger partial charge in [-0.1, -0.05) is 17.3 Å². The van der Waals surface area contributed by atoms with Gasteiger partial charge in [0.2, 0.25) is 0 Å². The van der Waals surface area contributed by atoms with Gasteiger partial charge in [-0.3, -0.25) is 4.68 Å². The maximum atomic E-state index is 12.7. The average molecular weight is 284 g/mol. The van der Waals surface area contributed by atoms with Crippen LogP contribution >= 0.6 is 0 Å². The fourth-order valence-corrected chi connectivity index (χ4v) is 2.02. The van der Waals surface area contributed by atoms with E-state index in [1.807, 2.05) is 0 Å². The van der Waals surface area contributed by atoms with Crippen molar-refractivity contribution in [2.24, 2.45) is 7.05 Å². The second kappa shape index (κ2) is 5.62. The van der Waals surface area contributed by atoms with Crippen molar-refractivity contribution in [1.82, 2.24) is 20.3 Å². The van der Waals surface area contributed by atoms with Crippen LogP contribution in [0, 0.1) is 0 Å². The molecule has 4 nitrogen and oxygen atoms in total. The second-order valence-electron chi connectivity index (χ2n) is 4.55. The van der Waals surface area contributed by atoms with Crippen molar-refractivity contribution in [1.29, 1.82) is 0 Å². The molecular weight excluding hydrogens is 269 g/mol. The van der Waals surface area contributed by atoms with Crippen molar-refractivity contribution in [2.75, 3.05) is 7.05 Å². The Balaban J connectivity index is 2.23. The number of nitrogens with zero attached hydrogens (tertiary/aromatic N) is 3. The third-order valence-electron chi connectivity index (χ3n) is 3.03. The summed E-state index contributed by atoms with van der Waals surface area (Å²) < 4.78 is 39.7. The van der Waals surface area contributed by atoms with Gasteiger partial charge in [0.15, 0.2) is 0 Å². The number of likely N-dealkylation sites (N-methyl/N-ethyl adjacent to an activating group) is 1. The summed E-state index contributed by atoms with van der Waals surface area (Å²) in [5.74, 6) is 0. The number of benzene rings is 1. The quantitative estimate of drug-likeness (QED) is 0.937. The lowest BCUT2D eigenvalue weighted by molar-refractivity contribution is -0.137. The lowest BCUT2D eigenvalue weighted by Crippen LogP contribution is -2.19. The highest BCUT2D eigenvalue weighted by atomic mass is 19.4. The number of hydrogen-bond acceptors (Lipinski definition) is 3. The fraction of sp³-hybridized carbons (Fsp3) is 0.385. The van der Waals surface area contributed by atoms with Crippen LogP contribution in [0.2, 0.25) is 0 Å². The van der Waals surface area contributed by atoms with Crippen LogP contribution in [0.25, 0.3) is 0 Å². The van der Waals surface area contributed by atoms with E-state index in [-0.39, 0.29) is 6.04 Å². The van der Waals surface area contributed by atoms with E-state index < -0.39 is 11.7 Å². The van der Waals surface area contributed by atoms with Crippen molar-refractivity contribution in [3.05, 3.63) is 47.3 Å². The third-order valence-corrected chi connectivity index (χ3v) is 3.03. The number of halogens is 3.